The molecule has 1 aromatic carbocycles. The minimum absolute atomic E-state index is 0. The second-order valence-corrected chi connectivity index (χ2v) is 4.26. The molecule has 0 aromatic heterocycles. The van der Waals surface area contributed by atoms with Crippen molar-refractivity contribution in [3.63, 3.8) is 0 Å². The Kier molecular flexibility index (Phi) is 7.65. The van der Waals surface area contributed by atoms with Gasteiger partial charge in [-0.15, -0.1) is 24.0 Å². The van der Waals surface area contributed by atoms with E-state index in [0.29, 0.717) is 25.7 Å². The first-order chi connectivity index (χ1) is 9.66. The highest BCUT2D eigenvalue weighted by atomic mass is 127. The van der Waals surface area contributed by atoms with Crippen molar-refractivity contribution in [2.24, 2.45) is 10.7 Å². The number of halogens is 3. The summed E-state index contributed by atoms with van der Waals surface area (Å²) >= 11 is 0. The smallest absolute Gasteiger partial charge is 0.191 e. The number of nitrogens with two attached hydrogens (primary N) is 1. The molecule has 118 valence electrons. The molecule has 0 atom stereocenters. The third-order valence-corrected chi connectivity index (χ3v) is 2.86. The van der Waals surface area contributed by atoms with E-state index in [1.165, 1.54) is 6.07 Å². The fraction of sp³-hybridized carbons (Fsp3) is 0.462. The summed E-state index contributed by atoms with van der Waals surface area (Å²) in [6, 6.07) is 3.40. The molecule has 1 saturated heterocycles. The zero-order valence-corrected chi connectivity index (χ0v) is 13.8. The van der Waals surface area contributed by atoms with Gasteiger partial charge in [0.1, 0.15) is 12.4 Å². The second-order valence-electron chi connectivity index (χ2n) is 4.26. The SMILES string of the molecule is I.NC(=NCCOc1ccc(F)c(F)c1)N1CCOCC1. The number of ether oxygens (including phenoxy) is 2. The zero-order chi connectivity index (χ0) is 14.4. The highest BCUT2D eigenvalue weighted by molar-refractivity contribution is 14.0. The van der Waals surface area contributed by atoms with E-state index >= 15 is 0 Å². The van der Waals surface area contributed by atoms with Crippen LogP contribution in [0.3, 0.4) is 0 Å². The summed E-state index contributed by atoms with van der Waals surface area (Å²) in [6.45, 7) is 3.32. The Morgan fingerprint density at radius 2 is 2.00 bits per heavy atom. The Labute approximate surface area is 139 Å². The number of nitrogens with zero attached hydrogens (tertiary/aromatic N) is 2. The lowest BCUT2D eigenvalue weighted by molar-refractivity contribution is 0.0674. The van der Waals surface area contributed by atoms with Gasteiger partial charge in [-0.1, -0.05) is 0 Å². The van der Waals surface area contributed by atoms with Gasteiger partial charge >= 0.3 is 0 Å². The van der Waals surface area contributed by atoms with Gasteiger partial charge in [0, 0.05) is 19.2 Å². The van der Waals surface area contributed by atoms with E-state index in [4.69, 9.17) is 15.2 Å². The van der Waals surface area contributed by atoms with Gasteiger partial charge in [0.15, 0.2) is 17.6 Å². The summed E-state index contributed by atoms with van der Waals surface area (Å²) in [5.41, 5.74) is 5.83. The molecule has 21 heavy (non-hydrogen) atoms. The second kappa shape index (κ2) is 8.98. The summed E-state index contributed by atoms with van der Waals surface area (Å²) in [5.74, 6) is -1.11. The van der Waals surface area contributed by atoms with Crippen LogP contribution in [0.1, 0.15) is 0 Å². The monoisotopic (exact) mass is 413 g/mol. The Morgan fingerprint density at radius 1 is 1.29 bits per heavy atom. The van der Waals surface area contributed by atoms with Gasteiger partial charge in [0.2, 0.25) is 0 Å². The van der Waals surface area contributed by atoms with E-state index in [9.17, 15) is 8.78 Å². The van der Waals surface area contributed by atoms with Crippen molar-refractivity contribution in [3.8, 4) is 5.75 Å². The average Bonchev–Trinajstić information content (AvgIpc) is 2.48. The molecule has 2 rings (SSSR count). The van der Waals surface area contributed by atoms with Gasteiger partial charge < -0.3 is 20.1 Å². The summed E-state index contributed by atoms with van der Waals surface area (Å²) in [4.78, 5) is 6.11. The molecule has 2 N–H and O–H groups in total. The van der Waals surface area contributed by atoms with Gasteiger partial charge in [-0.25, -0.2) is 13.8 Å². The van der Waals surface area contributed by atoms with Crippen molar-refractivity contribution >= 4 is 29.9 Å². The quantitative estimate of drug-likeness (QED) is 0.353. The van der Waals surface area contributed by atoms with Crippen LogP contribution in [0.15, 0.2) is 23.2 Å². The Balaban J connectivity index is 0.00000220. The van der Waals surface area contributed by atoms with Crippen molar-refractivity contribution in [1.29, 1.82) is 0 Å². The molecule has 0 saturated carbocycles. The number of aliphatic imine (C=N–C) groups is 1. The number of benzene rings is 1. The van der Waals surface area contributed by atoms with Crippen LogP contribution < -0.4 is 10.5 Å². The van der Waals surface area contributed by atoms with Crippen LogP contribution in [0.5, 0.6) is 5.75 Å². The minimum atomic E-state index is -0.932. The van der Waals surface area contributed by atoms with E-state index in [1.54, 1.807) is 0 Å². The largest absolute Gasteiger partial charge is 0.492 e. The molecular weight excluding hydrogens is 395 g/mol. The minimum Gasteiger partial charge on any atom is -0.492 e. The average molecular weight is 413 g/mol. The van der Waals surface area contributed by atoms with Crippen LogP contribution in [0, 0.1) is 11.6 Å². The fourth-order valence-electron chi connectivity index (χ4n) is 1.78. The van der Waals surface area contributed by atoms with E-state index in [2.05, 4.69) is 4.99 Å². The van der Waals surface area contributed by atoms with Crippen LogP contribution in [0.2, 0.25) is 0 Å². The van der Waals surface area contributed by atoms with Crippen molar-refractivity contribution in [1.82, 2.24) is 4.90 Å². The zero-order valence-electron chi connectivity index (χ0n) is 11.4. The summed E-state index contributed by atoms with van der Waals surface area (Å²) < 4.78 is 36.1. The predicted molar refractivity (Wildman–Crippen MR) is 86.1 cm³/mol. The molecule has 0 amide bonds. The molecular formula is C13H18F2IN3O2. The van der Waals surface area contributed by atoms with Crippen LogP contribution in [0.4, 0.5) is 8.78 Å². The lowest BCUT2D eigenvalue weighted by Gasteiger charge is -2.27. The van der Waals surface area contributed by atoms with E-state index in [-0.39, 0.29) is 36.3 Å². The Morgan fingerprint density at radius 3 is 2.67 bits per heavy atom. The first-order valence-electron chi connectivity index (χ1n) is 6.37. The molecule has 0 radical (unpaired) electrons. The highest BCUT2D eigenvalue weighted by Gasteiger charge is 2.11. The summed E-state index contributed by atoms with van der Waals surface area (Å²) in [6.07, 6.45) is 0. The third kappa shape index (κ3) is 5.62. The highest BCUT2D eigenvalue weighted by Crippen LogP contribution is 2.15. The van der Waals surface area contributed by atoms with Gasteiger partial charge in [-0.2, -0.15) is 0 Å². The molecule has 5 nitrogen and oxygen atoms in total. The number of morpholine rings is 1. The first-order valence-corrected chi connectivity index (χ1v) is 6.37. The number of rotatable bonds is 4. The van der Waals surface area contributed by atoms with Crippen LogP contribution in [-0.2, 0) is 4.74 Å². The molecule has 0 unspecified atom stereocenters. The molecule has 1 aliphatic heterocycles. The third-order valence-electron chi connectivity index (χ3n) is 2.86. The fourth-order valence-corrected chi connectivity index (χ4v) is 1.78. The molecule has 0 spiro atoms. The molecule has 0 aliphatic carbocycles. The first kappa shape index (κ1) is 17.9. The molecule has 1 aromatic rings. The normalized spacial score (nSPS) is 15.5. The van der Waals surface area contributed by atoms with Crippen molar-refractivity contribution in [2.75, 3.05) is 39.5 Å². The van der Waals surface area contributed by atoms with Gasteiger partial charge in [-0.05, 0) is 12.1 Å². The number of hydrogen-bond acceptors (Lipinski definition) is 3. The maximum atomic E-state index is 12.9. The Hall–Kier alpha value is -1.16. The van der Waals surface area contributed by atoms with E-state index in [0.717, 1.165) is 25.2 Å². The molecule has 1 heterocycles. The number of guanidine groups is 1. The maximum absolute atomic E-state index is 12.9. The van der Waals surface area contributed by atoms with E-state index < -0.39 is 11.6 Å². The summed E-state index contributed by atoms with van der Waals surface area (Å²) in [7, 11) is 0. The van der Waals surface area contributed by atoms with Crippen molar-refractivity contribution in [2.45, 2.75) is 0 Å². The topological polar surface area (TPSA) is 60.1 Å². The molecule has 8 heteroatoms. The maximum Gasteiger partial charge on any atom is 0.191 e. The summed E-state index contributed by atoms with van der Waals surface area (Å²) in [5, 5.41) is 0. The van der Waals surface area contributed by atoms with Gasteiger partial charge in [-0.3, -0.25) is 0 Å². The van der Waals surface area contributed by atoms with Gasteiger partial charge in [0.25, 0.3) is 0 Å². The lowest BCUT2D eigenvalue weighted by Crippen LogP contribution is -2.45. The van der Waals surface area contributed by atoms with Crippen molar-refractivity contribution < 1.29 is 18.3 Å². The van der Waals surface area contributed by atoms with Crippen molar-refractivity contribution in [3.05, 3.63) is 29.8 Å². The molecule has 1 fully saturated rings. The molecule has 0 bridgehead atoms. The van der Waals surface area contributed by atoms with Gasteiger partial charge in [0.05, 0.1) is 19.8 Å². The van der Waals surface area contributed by atoms with Crippen LogP contribution in [0.25, 0.3) is 0 Å². The predicted octanol–water partition coefficient (Wildman–Crippen LogP) is 1.61. The Bertz CT molecular complexity index is 482. The van der Waals surface area contributed by atoms with Crippen LogP contribution >= 0.6 is 24.0 Å². The lowest BCUT2D eigenvalue weighted by atomic mass is 10.3. The van der Waals surface area contributed by atoms with E-state index in [1.807, 2.05) is 4.90 Å². The number of hydrogen-bond donors (Lipinski definition) is 1. The molecule has 1 aliphatic rings. The standard InChI is InChI=1S/C13H17F2N3O2.HI/c14-11-2-1-10(9-12(11)15)20-6-3-17-13(16)18-4-7-19-8-5-18;/h1-2,9H,3-8H2,(H2,16,17);1H. The van der Waals surface area contributed by atoms with Crippen LogP contribution in [-0.4, -0.2) is 50.3 Å².